The largest absolute Gasteiger partial charge is 0.471 e. The third kappa shape index (κ3) is 3.14. The maximum Gasteiger partial charge on any atom is 0.243 e. The van der Waals surface area contributed by atoms with E-state index in [9.17, 15) is 4.79 Å². The number of likely N-dealkylation sites (tertiary alicyclic amines) is 1. The minimum Gasteiger partial charge on any atom is -0.471 e. The van der Waals surface area contributed by atoms with E-state index in [0.717, 1.165) is 43.6 Å². The Kier molecular flexibility index (Phi) is 4.44. The summed E-state index contributed by atoms with van der Waals surface area (Å²) in [6, 6.07) is 0. The van der Waals surface area contributed by atoms with Crippen LogP contribution in [0.4, 0.5) is 0 Å². The average Bonchev–Trinajstić information content (AvgIpc) is 3.38. The summed E-state index contributed by atoms with van der Waals surface area (Å²) in [4.78, 5) is 30.9. The molecule has 1 amide bonds. The molecule has 0 aromatic carbocycles. The van der Waals surface area contributed by atoms with Crippen LogP contribution >= 0.6 is 0 Å². The van der Waals surface area contributed by atoms with Gasteiger partial charge in [0, 0.05) is 31.1 Å². The lowest BCUT2D eigenvalue weighted by atomic mass is 9.84. The van der Waals surface area contributed by atoms with Gasteiger partial charge < -0.3 is 14.6 Å². The van der Waals surface area contributed by atoms with Crippen LogP contribution < -0.4 is 4.74 Å². The van der Waals surface area contributed by atoms with Gasteiger partial charge >= 0.3 is 0 Å². The van der Waals surface area contributed by atoms with Crippen LogP contribution in [0.25, 0.3) is 22.6 Å². The maximum atomic E-state index is 12.5. The molecule has 1 N–H and O–H groups in total. The van der Waals surface area contributed by atoms with Crippen molar-refractivity contribution in [3.05, 3.63) is 18.2 Å². The summed E-state index contributed by atoms with van der Waals surface area (Å²) in [7, 11) is 0. The number of imidazole rings is 1. The highest BCUT2D eigenvalue weighted by atomic mass is 16.5. The van der Waals surface area contributed by atoms with Crippen molar-refractivity contribution in [2.24, 2.45) is 5.92 Å². The zero-order valence-corrected chi connectivity index (χ0v) is 16.8. The van der Waals surface area contributed by atoms with Crippen LogP contribution in [0.2, 0.25) is 0 Å². The number of nitrogens with zero attached hydrogens (tertiary/aromatic N) is 6. The zero-order valence-electron chi connectivity index (χ0n) is 16.8. The number of aromatic amines is 1. The SMILES string of the molecule is CCn1ncc(-c2nc3ncnc(OC4CCN(C(=O)C5CCC5)C4)c3[nH]2)c1C. The van der Waals surface area contributed by atoms with Crippen LogP contribution in [-0.4, -0.2) is 59.7 Å². The van der Waals surface area contributed by atoms with Crippen LogP contribution in [-0.2, 0) is 11.3 Å². The minimum absolute atomic E-state index is 0.0616. The number of carbonyl (C=O) groups excluding carboxylic acids is 1. The van der Waals surface area contributed by atoms with E-state index in [1.807, 2.05) is 22.7 Å². The Hall–Kier alpha value is -2.97. The number of fused-ring (bicyclic) bond motifs is 1. The molecule has 1 aliphatic carbocycles. The highest BCUT2D eigenvalue weighted by Gasteiger charge is 2.34. The van der Waals surface area contributed by atoms with Crippen molar-refractivity contribution < 1.29 is 9.53 Å². The van der Waals surface area contributed by atoms with Gasteiger partial charge in [0.05, 0.1) is 18.3 Å². The van der Waals surface area contributed by atoms with Crippen LogP contribution in [0.1, 0.15) is 38.3 Å². The number of hydrogen-bond acceptors (Lipinski definition) is 6. The van der Waals surface area contributed by atoms with Gasteiger partial charge in [0.1, 0.15) is 23.8 Å². The number of amides is 1. The molecule has 2 fully saturated rings. The number of aryl methyl sites for hydroxylation is 1. The smallest absolute Gasteiger partial charge is 0.243 e. The summed E-state index contributed by atoms with van der Waals surface area (Å²) < 4.78 is 8.10. The molecule has 3 aromatic heterocycles. The lowest BCUT2D eigenvalue weighted by molar-refractivity contribution is -0.137. The van der Waals surface area contributed by atoms with E-state index >= 15 is 0 Å². The second-order valence-electron chi connectivity index (χ2n) is 7.86. The second kappa shape index (κ2) is 7.13. The van der Waals surface area contributed by atoms with Crippen molar-refractivity contribution in [3.8, 4) is 17.3 Å². The van der Waals surface area contributed by atoms with Crippen LogP contribution in [0.15, 0.2) is 12.5 Å². The first-order valence-electron chi connectivity index (χ1n) is 10.3. The Labute approximate surface area is 168 Å². The Morgan fingerprint density at radius 2 is 2.17 bits per heavy atom. The highest BCUT2D eigenvalue weighted by Crippen LogP contribution is 2.31. The molecular formula is C20H25N7O2. The molecule has 2 aliphatic rings. The molecule has 3 aromatic rings. The van der Waals surface area contributed by atoms with Crippen molar-refractivity contribution in [1.82, 2.24) is 34.6 Å². The molecule has 0 spiro atoms. The van der Waals surface area contributed by atoms with Gasteiger partial charge in [0.2, 0.25) is 11.8 Å². The van der Waals surface area contributed by atoms with E-state index < -0.39 is 0 Å². The maximum absolute atomic E-state index is 12.5. The lowest BCUT2D eigenvalue weighted by Gasteiger charge is -2.29. The molecule has 4 heterocycles. The molecule has 29 heavy (non-hydrogen) atoms. The predicted octanol–water partition coefficient (Wildman–Crippen LogP) is 2.32. The fraction of sp³-hybridized carbons (Fsp3) is 0.550. The molecule has 0 radical (unpaired) electrons. The summed E-state index contributed by atoms with van der Waals surface area (Å²) in [6.07, 6.45) is 7.25. The van der Waals surface area contributed by atoms with E-state index in [-0.39, 0.29) is 17.9 Å². The van der Waals surface area contributed by atoms with Gasteiger partial charge in [-0.1, -0.05) is 6.42 Å². The molecule has 0 bridgehead atoms. The van der Waals surface area contributed by atoms with E-state index in [0.29, 0.717) is 29.4 Å². The molecule has 152 valence electrons. The molecule has 1 aliphatic heterocycles. The Morgan fingerprint density at radius 3 is 2.90 bits per heavy atom. The summed E-state index contributed by atoms with van der Waals surface area (Å²) in [5.74, 6) is 1.69. The third-order valence-electron chi connectivity index (χ3n) is 6.10. The quantitative estimate of drug-likeness (QED) is 0.711. The molecule has 9 nitrogen and oxygen atoms in total. The zero-order chi connectivity index (χ0) is 20.0. The average molecular weight is 395 g/mol. The number of ether oxygens (including phenoxy) is 1. The van der Waals surface area contributed by atoms with Crippen LogP contribution in [0.3, 0.4) is 0 Å². The first kappa shape index (κ1) is 18.1. The Balaban J connectivity index is 1.36. The Bertz CT molecular complexity index is 1050. The van der Waals surface area contributed by atoms with Gasteiger partial charge in [0.15, 0.2) is 5.65 Å². The van der Waals surface area contributed by atoms with Gasteiger partial charge in [-0.2, -0.15) is 10.1 Å². The highest BCUT2D eigenvalue weighted by molar-refractivity contribution is 5.81. The first-order chi connectivity index (χ1) is 14.1. The van der Waals surface area contributed by atoms with Gasteiger partial charge in [-0.05, 0) is 26.7 Å². The van der Waals surface area contributed by atoms with E-state index in [1.165, 1.54) is 12.7 Å². The molecule has 5 rings (SSSR count). The molecule has 9 heteroatoms. The standard InChI is InChI=1S/C20H25N7O2/c1-3-27-12(2)15(9-23-27)17-24-16-18(25-17)21-11-22-19(16)29-14-7-8-26(10-14)20(28)13-5-4-6-13/h9,11,13-14H,3-8,10H2,1-2H3,(H,21,22,24,25). The lowest BCUT2D eigenvalue weighted by Crippen LogP contribution is -2.38. The molecule has 1 unspecified atom stereocenters. The van der Waals surface area contributed by atoms with Crippen molar-refractivity contribution in [2.45, 2.75) is 52.2 Å². The number of hydrogen-bond donors (Lipinski definition) is 1. The number of aromatic nitrogens is 6. The Morgan fingerprint density at radius 1 is 1.31 bits per heavy atom. The predicted molar refractivity (Wildman–Crippen MR) is 106 cm³/mol. The molecule has 1 atom stereocenters. The van der Waals surface area contributed by atoms with E-state index in [4.69, 9.17) is 4.74 Å². The van der Waals surface area contributed by atoms with E-state index in [1.54, 1.807) is 0 Å². The van der Waals surface area contributed by atoms with Crippen molar-refractivity contribution in [2.75, 3.05) is 13.1 Å². The van der Waals surface area contributed by atoms with Gasteiger partial charge in [-0.15, -0.1) is 0 Å². The number of rotatable bonds is 5. The third-order valence-corrected chi connectivity index (χ3v) is 6.10. The summed E-state index contributed by atoms with van der Waals surface area (Å²) in [5.41, 5.74) is 3.22. The van der Waals surface area contributed by atoms with Crippen molar-refractivity contribution >= 4 is 17.1 Å². The van der Waals surface area contributed by atoms with Crippen molar-refractivity contribution in [1.29, 1.82) is 0 Å². The monoisotopic (exact) mass is 395 g/mol. The van der Waals surface area contributed by atoms with Crippen molar-refractivity contribution in [3.63, 3.8) is 0 Å². The summed E-state index contributed by atoms with van der Waals surface area (Å²) >= 11 is 0. The summed E-state index contributed by atoms with van der Waals surface area (Å²) in [6.45, 7) is 6.24. The fourth-order valence-corrected chi connectivity index (χ4v) is 4.12. The van der Waals surface area contributed by atoms with Gasteiger partial charge in [-0.25, -0.2) is 9.97 Å². The second-order valence-corrected chi connectivity index (χ2v) is 7.86. The van der Waals surface area contributed by atoms with Gasteiger partial charge in [0.25, 0.3) is 0 Å². The van der Waals surface area contributed by atoms with E-state index in [2.05, 4.69) is 32.0 Å². The number of H-pyrrole nitrogens is 1. The summed E-state index contributed by atoms with van der Waals surface area (Å²) in [5, 5.41) is 4.39. The normalized spacial score (nSPS) is 19.7. The molecular weight excluding hydrogens is 370 g/mol. The van der Waals surface area contributed by atoms with Crippen LogP contribution in [0, 0.1) is 12.8 Å². The van der Waals surface area contributed by atoms with Gasteiger partial charge in [-0.3, -0.25) is 9.48 Å². The first-order valence-corrected chi connectivity index (χ1v) is 10.3. The minimum atomic E-state index is -0.0616. The van der Waals surface area contributed by atoms with Crippen LogP contribution in [0.5, 0.6) is 5.88 Å². The number of nitrogens with one attached hydrogen (secondary N) is 1. The molecule has 1 saturated carbocycles. The molecule has 1 saturated heterocycles. The number of carbonyl (C=O) groups is 1. The topological polar surface area (TPSA) is 102 Å². The fourth-order valence-electron chi connectivity index (χ4n) is 4.12.